The van der Waals surface area contributed by atoms with Crippen molar-refractivity contribution in [3.05, 3.63) is 76.6 Å². The maximum Gasteiger partial charge on any atom is 0.201 e. The molecule has 0 bridgehead atoms. The monoisotopic (exact) mass is 386 g/mol. The molecule has 136 valence electrons. The van der Waals surface area contributed by atoms with Crippen molar-refractivity contribution in [1.29, 1.82) is 0 Å². The molecule has 1 unspecified atom stereocenters. The highest BCUT2D eigenvalue weighted by Crippen LogP contribution is 2.53. The molecule has 0 amide bonds. The normalized spacial score (nSPS) is 16.0. The van der Waals surface area contributed by atoms with E-state index in [1.165, 1.54) is 13.5 Å². The topological polar surface area (TPSA) is 43.4 Å². The average Bonchev–Trinajstić information content (AvgIpc) is 2.73. The van der Waals surface area contributed by atoms with Crippen molar-refractivity contribution in [2.45, 2.75) is 32.1 Å². The lowest BCUT2D eigenvalue weighted by Gasteiger charge is -2.20. The summed E-state index contributed by atoms with van der Waals surface area (Å²) in [4.78, 5) is 0. The first kappa shape index (κ1) is 19.1. The van der Waals surface area contributed by atoms with Crippen molar-refractivity contribution in [3.8, 4) is 0 Å². The van der Waals surface area contributed by atoms with Crippen LogP contribution < -0.4 is 10.6 Å². The molecule has 1 atom stereocenters. The molecule has 1 saturated carbocycles. The van der Waals surface area contributed by atoms with Gasteiger partial charge in [-0.05, 0) is 31.3 Å². The van der Waals surface area contributed by atoms with Crippen LogP contribution in [0.2, 0.25) is 0 Å². The fourth-order valence-electron chi connectivity index (χ4n) is 3.22. The van der Waals surface area contributed by atoms with Crippen molar-refractivity contribution in [3.63, 3.8) is 0 Å². The van der Waals surface area contributed by atoms with Gasteiger partial charge in [0.2, 0.25) is 11.1 Å². The third-order valence-electron chi connectivity index (χ3n) is 4.58. The molecular weight excluding hydrogens is 363 g/mol. The summed E-state index contributed by atoms with van der Waals surface area (Å²) in [5.41, 5.74) is 4.38. The Labute approximate surface area is 157 Å². The number of hydrogen-bond acceptors (Lipinski definition) is 3. The standard InChI is InChI=1S/C21H23O3PS/c1-24-26(23)21(17-18-11-5-2-6-12-18)25(22,19-13-7-3-8-14-19)20-15-9-4-10-16-20/h3-4,7-10,13-16H,2,5-6,11-12H2,1H3. The van der Waals surface area contributed by atoms with Crippen molar-refractivity contribution >= 4 is 28.8 Å². The van der Waals surface area contributed by atoms with Crippen molar-refractivity contribution in [2.24, 2.45) is 0 Å². The van der Waals surface area contributed by atoms with Gasteiger partial charge in [-0.15, -0.1) is 0 Å². The van der Waals surface area contributed by atoms with Gasteiger partial charge in [0.15, 0.2) is 11.8 Å². The Hall–Kier alpha value is -1.70. The summed E-state index contributed by atoms with van der Waals surface area (Å²) in [7, 11) is -1.94. The highest BCUT2D eigenvalue weighted by molar-refractivity contribution is 8.02. The van der Waals surface area contributed by atoms with E-state index in [1.807, 2.05) is 60.7 Å². The highest BCUT2D eigenvalue weighted by Gasteiger charge is 2.36. The van der Waals surface area contributed by atoms with Crippen LogP contribution in [0, 0.1) is 0 Å². The zero-order valence-electron chi connectivity index (χ0n) is 14.9. The first-order valence-electron chi connectivity index (χ1n) is 8.83. The number of rotatable bonds is 5. The molecule has 0 radical (unpaired) electrons. The molecule has 0 spiro atoms. The van der Waals surface area contributed by atoms with Crippen molar-refractivity contribution in [2.75, 3.05) is 7.11 Å². The number of hydrogen-bond donors (Lipinski definition) is 0. The Morgan fingerprint density at radius 1 is 0.923 bits per heavy atom. The maximum absolute atomic E-state index is 14.4. The molecule has 0 heterocycles. The molecule has 5 heteroatoms. The molecular formula is C21H23O3PS. The minimum absolute atomic E-state index is 0.259. The summed E-state index contributed by atoms with van der Waals surface area (Å²) in [6.45, 7) is 0. The van der Waals surface area contributed by atoms with Gasteiger partial charge in [-0.3, -0.25) is 4.18 Å². The lowest BCUT2D eigenvalue weighted by Crippen LogP contribution is -2.19. The van der Waals surface area contributed by atoms with Crippen molar-refractivity contribution in [1.82, 2.24) is 0 Å². The van der Waals surface area contributed by atoms with E-state index < -0.39 is 18.2 Å². The Balaban J connectivity index is 2.29. The fourth-order valence-corrected chi connectivity index (χ4v) is 7.57. The summed E-state index contributed by atoms with van der Waals surface area (Å²) in [5, 5.41) is 1.30. The van der Waals surface area contributed by atoms with Gasteiger partial charge in [0, 0.05) is 10.6 Å². The fraction of sp³-hybridized carbons (Fsp3) is 0.286. The third-order valence-corrected chi connectivity index (χ3v) is 9.25. The Morgan fingerprint density at radius 3 is 1.88 bits per heavy atom. The van der Waals surface area contributed by atoms with Crippen LogP contribution in [0.4, 0.5) is 0 Å². The number of allylic oxidation sites excluding steroid dienone is 1. The molecule has 26 heavy (non-hydrogen) atoms. The smallest absolute Gasteiger partial charge is 0.201 e. The predicted octanol–water partition coefficient (Wildman–Crippen LogP) is 4.64. The van der Waals surface area contributed by atoms with E-state index in [1.54, 1.807) is 0 Å². The van der Waals surface area contributed by atoms with Crippen molar-refractivity contribution < 1.29 is 13.0 Å². The maximum atomic E-state index is 14.4. The average molecular weight is 386 g/mol. The largest absolute Gasteiger partial charge is 0.307 e. The molecule has 2 aromatic carbocycles. The summed E-state index contributed by atoms with van der Waals surface area (Å²) in [6, 6.07) is 18.5. The Bertz CT molecular complexity index is 832. The van der Waals surface area contributed by atoms with Gasteiger partial charge >= 0.3 is 0 Å². The molecule has 0 N–H and O–H groups in total. The summed E-state index contributed by atoms with van der Waals surface area (Å²) < 4.78 is 32.6. The zero-order chi connectivity index (χ0) is 18.4. The third kappa shape index (κ3) is 4.00. The highest BCUT2D eigenvalue weighted by atomic mass is 32.2. The van der Waals surface area contributed by atoms with Crippen LogP contribution in [0.15, 0.2) is 76.6 Å². The SMILES string of the molecule is COS(=O)C(=C=C1CCCCC1)P(=O)(c1ccccc1)c1ccccc1. The Kier molecular flexibility index (Phi) is 6.45. The zero-order valence-corrected chi connectivity index (χ0v) is 16.6. The minimum Gasteiger partial charge on any atom is -0.307 e. The molecule has 1 aliphatic carbocycles. The molecule has 0 aromatic heterocycles. The predicted molar refractivity (Wildman–Crippen MR) is 109 cm³/mol. The summed E-state index contributed by atoms with van der Waals surface area (Å²) in [6.07, 6.45) is 5.21. The number of benzene rings is 2. The van der Waals surface area contributed by atoms with Gasteiger partial charge in [-0.2, -0.15) is 0 Å². The van der Waals surface area contributed by atoms with E-state index in [0.29, 0.717) is 10.6 Å². The van der Waals surface area contributed by atoms with Gasteiger partial charge in [-0.1, -0.05) is 72.8 Å². The van der Waals surface area contributed by atoms with Crippen LogP contribution in [-0.4, -0.2) is 11.3 Å². The van der Waals surface area contributed by atoms with Crippen LogP contribution in [0.25, 0.3) is 0 Å². The van der Waals surface area contributed by atoms with Crippen LogP contribution in [-0.2, 0) is 19.8 Å². The van der Waals surface area contributed by atoms with Gasteiger partial charge in [0.25, 0.3) is 0 Å². The molecule has 1 fully saturated rings. The molecule has 3 nitrogen and oxygen atoms in total. The van der Waals surface area contributed by atoms with E-state index in [0.717, 1.165) is 31.3 Å². The molecule has 2 aromatic rings. The Morgan fingerprint density at radius 2 is 1.42 bits per heavy atom. The molecule has 0 aliphatic heterocycles. The van der Waals surface area contributed by atoms with Gasteiger partial charge in [-0.25, -0.2) is 4.21 Å². The van der Waals surface area contributed by atoms with E-state index in [9.17, 15) is 8.77 Å². The van der Waals surface area contributed by atoms with Crippen LogP contribution in [0.5, 0.6) is 0 Å². The second-order valence-electron chi connectivity index (χ2n) is 6.28. The van der Waals surface area contributed by atoms with E-state index in [4.69, 9.17) is 4.18 Å². The van der Waals surface area contributed by atoms with E-state index in [-0.39, 0.29) is 4.65 Å². The van der Waals surface area contributed by atoms with Gasteiger partial charge < -0.3 is 4.57 Å². The summed E-state index contributed by atoms with van der Waals surface area (Å²) in [5.74, 6) is 0. The van der Waals surface area contributed by atoms with Crippen LogP contribution >= 0.6 is 7.14 Å². The second kappa shape index (κ2) is 8.79. The summed E-state index contributed by atoms with van der Waals surface area (Å²) >= 11 is -1.82. The van der Waals surface area contributed by atoms with E-state index in [2.05, 4.69) is 5.73 Å². The second-order valence-corrected chi connectivity index (χ2v) is 10.5. The van der Waals surface area contributed by atoms with E-state index >= 15 is 0 Å². The minimum atomic E-state index is -3.31. The lowest BCUT2D eigenvalue weighted by atomic mass is 9.96. The van der Waals surface area contributed by atoms with Crippen LogP contribution in [0.3, 0.4) is 0 Å². The lowest BCUT2D eigenvalue weighted by molar-refractivity contribution is 0.451. The van der Waals surface area contributed by atoms with Crippen LogP contribution in [0.1, 0.15) is 32.1 Å². The van der Waals surface area contributed by atoms with Gasteiger partial charge in [0.1, 0.15) is 0 Å². The molecule has 0 saturated heterocycles. The molecule has 1 aliphatic rings. The quantitative estimate of drug-likeness (QED) is 0.555. The van der Waals surface area contributed by atoms with Gasteiger partial charge in [0.05, 0.1) is 7.11 Å². The first-order chi connectivity index (χ1) is 12.7. The first-order valence-corrected chi connectivity index (χ1v) is 11.6. The molecule has 3 rings (SSSR count).